The molecule has 39 heavy (non-hydrogen) atoms. The molecule has 0 saturated carbocycles. The minimum Gasteiger partial charge on any atom is -0.497 e. The quantitative estimate of drug-likeness (QED) is 0.466. The van der Waals surface area contributed by atoms with Gasteiger partial charge in [-0.05, 0) is 54.8 Å². The summed E-state index contributed by atoms with van der Waals surface area (Å²) in [5.74, 6) is 1.64. The van der Waals surface area contributed by atoms with Crippen molar-refractivity contribution in [2.24, 2.45) is 0 Å². The molecule has 0 atom stereocenters. The van der Waals surface area contributed by atoms with Gasteiger partial charge in [-0.15, -0.1) is 0 Å². The smallest absolute Gasteiger partial charge is 0.260 e. The summed E-state index contributed by atoms with van der Waals surface area (Å²) >= 11 is 0. The number of carbonyl (C=O) groups excluding carboxylic acids is 2. The lowest BCUT2D eigenvalue weighted by Gasteiger charge is -2.43. The van der Waals surface area contributed by atoms with Crippen LogP contribution in [0.5, 0.6) is 11.5 Å². The maximum absolute atomic E-state index is 14.1. The molecule has 2 amide bonds. The summed E-state index contributed by atoms with van der Waals surface area (Å²) in [5.41, 5.74) is 2.18. The second-order valence-electron chi connectivity index (χ2n) is 10.5. The van der Waals surface area contributed by atoms with Gasteiger partial charge in [-0.2, -0.15) is 0 Å². The lowest BCUT2D eigenvalue weighted by Crippen LogP contribution is -2.57. The van der Waals surface area contributed by atoms with E-state index in [2.05, 4.69) is 21.9 Å². The molecule has 8 heteroatoms. The molecular weight excluding hydrogens is 492 g/mol. The number of benzene rings is 3. The van der Waals surface area contributed by atoms with Crippen LogP contribution < -0.4 is 14.4 Å². The van der Waals surface area contributed by atoms with Gasteiger partial charge in [0.05, 0.1) is 19.3 Å². The Balaban J connectivity index is 1.14. The highest BCUT2D eigenvalue weighted by molar-refractivity contribution is 5.97. The molecule has 2 fully saturated rings. The molecule has 202 valence electrons. The molecule has 3 heterocycles. The first kappa shape index (κ1) is 25.2. The van der Waals surface area contributed by atoms with E-state index < -0.39 is 5.54 Å². The zero-order chi connectivity index (χ0) is 26.8. The van der Waals surface area contributed by atoms with E-state index in [0.29, 0.717) is 31.1 Å². The highest BCUT2D eigenvalue weighted by Gasteiger charge is 2.53. The molecule has 0 radical (unpaired) electrons. The number of likely N-dealkylation sites (tertiary alicyclic amines) is 1. The monoisotopic (exact) mass is 526 g/mol. The van der Waals surface area contributed by atoms with E-state index in [1.807, 2.05) is 71.6 Å². The van der Waals surface area contributed by atoms with Gasteiger partial charge >= 0.3 is 0 Å². The van der Waals surface area contributed by atoms with E-state index in [9.17, 15) is 9.59 Å². The number of hydrogen-bond acceptors (Lipinski definition) is 6. The normalized spacial score (nSPS) is 18.8. The van der Waals surface area contributed by atoms with E-state index in [1.165, 1.54) is 0 Å². The van der Waals surface area contributed by atoms with Crippen LogP contribution in [0.25, 0.3) is 0 Å². The van der Waals surface area contributed by atoms with E-state index in [1.54, 1.807) is 12.0 Å². The Kier molecular flexibility index (Phi) is 6.87. The first-order chi connectivity index (χ1) is 19.1. The molecule has 0 N–H and O–H groups in total. The average Bonchev–Trinajstić information content (AvgIpc) is 3.24. The van der Waals surface area contributed by atoms with Crippen LogP contribution in [0.1, 0.15) is 28.8 Å². The van der Waals surface area contributed by atoms with Crippen LogP contribution in [0.15, 0.2) is 78.9 Å². The van der Waals surface area contributed by atoms with Crippen LogP contribution in [0.4, 0.5) is 5.69 Å². The van der Waals surface area contributed by atoms with Crippen molar-refractivity contribution >= 4 is 17.5 Å². The van der Waals surface area contributed by atoms with Crippen LogP contribution in [0.3, 0.4) is 0 Å². The lowest BCUT2D eigenvalue weighted by atomic mass is 9.85. The van der Waals surface area contributed by atoms with Crippen molar-refractivity contribution in [2.45, 2.75) is 24.9 Å². The molecule has 2 saturated heterocycles. The second kappa shape index (κ2) is 10.6. The van der Waals surface area contributed by atoms with Gasteiger partial charge in [0, 0.05) is 38.4 Å². The molecule has 3 aliphatic rings. The number of ether oxygens (including phenoxy) is 2. The number of fused-ring (bicyclic) bond motifs is 1. The number of methoxy groups -OCH3 is 1. The van der Waals surface area contributed by atoms with Crippen LogP contribution in [-0.2, 0) is 11.3 Å². The predicted molar refractivity (Wildman–Crippen MR) is 149 cm³/mol. The zero-order valence-electron chi connectivity index (χ0n) is 22.3. The van der Waals surface area contributed by atoms with Gasteiger partial charge in [0.15, 0.2) is 6.73 Å². The molecule has 3 aromatic rings. The second-order valence-corrected chi connectivity index (χ2v) is 10.5. The van der Waals surface area contributed by atoms with Gasteiger partial charge in [0.2, 0.25) is 5.91 Å². The van der Waals surface area contributed by atoms with Crippen molar-refractivity contribution in [3.63, 3.8) is 0 Å². The molecule has 3 aromatic carbocycles. The summed E-state index contributed by atoms with van der Waals surface area (Å²) in [6.45, 7) is 4.30. The summed E-state index contributed by atoms with van der Waals surface area (Å²) in [4.78, 5) is 35.4. The molecule has 0 unspecified atom stereocenters. The lowest BCUT2D eigenvalue weighted by molar-refractivity contribution is -0.134. The summed E-state index contributed by atoms with van der Waals surface area (Å²) in [5, 5.41) is 0. The third-order valence-electron chi connectivity index (χ3n) is 8.24. The molecule has 0 aliphatic carbocycles. The van der Waals surface area contributed by atoms with E-state index >= 15 is 0 Å². The summed E-state index contributed by atoms with van der Waals surface area (Å²) < 4.78 is 11.2. The van der Waals surface area contributed by atoms with Crippen LogP contribution in [0, 0.1) is 0 Å². The van der Waals surface area contributed by atoms with Crippen LogP contribution in [0.2, 0.25) is 0 Å². The average molecular weight is 527 g/mol. The Morgan fingerprint density at radius 3 is 2.44 bits per heavy atom. The first-order valence-electron chi connectivity index (χ1n) is 13.6. The van der Waals surface area contributed by atoms with Gasteiger partial charge in [-0.25, -0.2) is 0 Å². The summed E-state index contributed by atoms with van der Waals surface area (Å²) in [7, 11) is 1.66. The van der Waals surface area contributed by atoms with Crippen molar-refractivity contribution in [1.82, 2.24) is 14.7 Å². The SMILES string of the molecule is COc1cccc(CN2CN(c3ccccc3)C3(CCN(CCN4COc5ccccc5C4=O)CC3)C2=O)c1. The Hall–Kier alpha value is -4.04. The largest absolute Gasteiger partial charge is 0.497 e. The number of nitrogens with zero attached hydrogens (tertiary/aromatic N) is 4. The molecule has 3 aliphatic heterocycles. The molecule has 0 bridgehead atoms. The van der Waals surface area contributed by atoms with Crippen LogP contribution >= 0.6 is 0 Å². The highest BCUT2D eigenvalue weighted by atomic mass is 16.5. The Morgan fingerprint density at radius 2 is 1.64 bits per heavy atom. The molecule has 6 rings (SSSR count). The predicted octanol–water partition coefficient (Wildman–Crippen LogP) is 3.83. The molecular formula is C31H34N4O4. The summed E-state index contributed by atoms with van der Waals surface area (Å²) in [6.07, 6.45) is 1.48. The topological polar surface area (TPSA) is 65.6 Å². The maximum atomic E-state index is 14.1. The molecule has 8 nitrogen and oxygen atoms in total. The van der Waals surface area contributed by atoms with Gasteiger partial charge in [-0.1, -0.05) is 42.5 Å². The first-order valence-corrected chi connectivity index (χ1v) is 13.6. The minimum atomic E-state index is -0.570. The maximum Gasteiger partial charge on any atom is 0.260 e. The number of rotatable bonds is 7. The molecule has 0 aromatic heterocycles. The fourth-order valence-corrected chi connectivity index (χ4v) is 6.03. The van der Waals surface area contributed by atoms with Crippen molar-refractivity contribution in [3.05, 3.63) is 90.0 Å². The van der Waals surface area contributed by atoms with Gasteiger partial charge in [-0.3, -0.25) is 9.59 Å². The molecule has 1 spiro atoms. The standard InChI is InChI=1S/C31H34N4O4/c1-38-26-11-7-8-24(20-26)21-34-22-35(25-9-3-2-4-10-25)31(30(34)37)14-16-32(17-15-31)18-19-33-23-39-28-13-6-5-12-27(28)29(33)36/h2-13,20H,14-19,21-23H2,1H3. The number of para-hydroxylation sites is 2. The van der Waals surface area contributed by atoms with Gasteiger partial charge < -0.3 is 29.1 Å². The number of amides is 2. The van der Waals surface area contributed by atoms with Crippen molar-refractivity contribution in [1.29, 1.82) is 0 Å². The van der Waals surface area contributed by atoms with E-state index in [0.717, 1.165) is 49.5 Å². The van der Waals surface area contributed by atoms with Crippen molar-refractivity contribution < 1.29 is 19.1 Å². The fraction of sp³-hybridized carbons (Fsp3) is 0.355. The van der Waals surface area contributed by atoms with E-state index in [4.69, 9.17) is 9.47 Å². The van der Waals surface area contributed by atoms with Gasteiger partial charge in [0.1, 0.15) is 17.0 Å². The zero-order valence-corrected chi connectivity index (χ0v) is 22.3. The Labute approximate surface area is 229 Å². The van der Waals surface area contributed by atoms with Gasteiger partial charge in [0.25, 0.3) is 5.91 Å². The Morgan fingerprint density at radius 1 is 0.872 bits per heavy atom. The fourth-order valence-electron chi connectivity index (χ4n) is 6.03. The number of anilines is 1. The Bertz CT molecular complexity index is 1340. The third-order valence-corrected chi connectivity index (χ3v) is 8.24. The highest BCUT2D eigenvalue weighted by Crippen LogP contribution is 2.40. The van der Waals surface area contributed by atoms with E-state index in [-0.39, 0.29) is 18.5 Å². The third kappa shape index (κ3) is 4.81. The van der Waals surface area contributed by atoms with Crippen molar-refractivity contribution in [3.8, 4) is 11.5 Å². The number of carbonyl (C=O) groups is 2. The minimum absolute atomic E-state index is 0.0136. The summed E-state index contributed by atoms with van der Waals surface area (Å²) in [6, 6.07) is 25.6. The van der Waals surface area contributed by atoms with Crippen LogP contribution in [-0.4, -0.2) is 78.7 Å². The number of piperidine rings is 1. The van der Waals surface area contributed by atoms with Crippen molar-refractivity contribution in [2.75, 3.05) is 51.6 Å². The number of hydrogen-bond donors (Lipinski definition) is 0.